The van der Waals surface area contributed by atoms with Crippen LogP contribution in [0.2, 0.25) is 0 Å². The van der Waals surface area contributed by atoms with Crippen molar-refractivity contribution in [3.05, 3.63) is 24.3 Å². The number of unbranched alkanes of at least 4 members (excludes halogenated alkanes) is 2. The fourth-order valence-electron chi connectivity index (χ4n) is 2.97. The lowest BCUT2D eigenvalue weighted by molar-refractivity contribution is -0.156. The molecule has 0 heterocycles. The zero-order valence-electron chi connectivity index (χ0n) is 14.8. The van der Waals surface area contributed by atoms with E-state index in [-0.39, 0.29) is 11.8 Å². The summed E-state index contributed by atoms with van der Waals surface area (Å²) >= 11 is 0. The summed E-state index contributed by atoms with van der Waals surface area (Å²) in [5, 5.41) is 2.91. The Morgan fingerprint density at radius 3 is 2.78 bits per heavy atom. The first-order valence-corrected chi connectivity index (χ1v) is 8.76. The molecule has 1 aliphatic rings. The van der Waals surface area contributed by atoms with Gasteiger partial charge in [-0.25, -0.2) is 4.79 Å². The molecule has 4 heteroatoms. The second kappa shape index (κ2) is 10.2. The van der Waals surface area contributed by atoms with Gasteiger partial charge >= 0.3 is 5.97 Å². The molecule has 4 nitrogen and oxygen atoms in total. The Balaban J connectivity index is 2.68. The molecule has 0 fully saturated rings. The standard InChI is InChI=1S/C19H31NO3/c1-5-7-8-13-20-19(22)18(23-17(21)6-2)15(4)16-11-9-14(3)10-12-16/h6,9,15-16,18H,2,5,7-8,10-13H2,1,3-4H3,(H,20,22). The number of rotatable bonds is 9. The summed E-state index contributed by atoms with van der Waals surface area (Å²) < 4.78 is 5.37. The Morgan fingerprint density at radius 2 is 2.22 bits per heavy atom. The highest BCUT2D eigenvalue weighted by molar-refractivity contribution is 5.87. The number of nitrogens with one attached hydrogen (secondary N) is 1. The summed E-state index contributed by atoms with van der Waals surface area (Å²) in [4.78, 5) is 24.1. The quantitative estimate of drug-likeness (QED) is 0.304. The van der Waals surface area contributed by atoms with E-state index in [2.05, 4.69) is 31.8 Å². The lowest BCUT2D eigenvalue weighted by Crippen LogP contribution is -2.44. The molecule has 0 aromatic rings. The number of amides is 1. The number of hydrogen-bond donors (Lipinski definition) is 1. The van der Waals surface area contributed by atoms with Gasteiger partial charge in [0.1, 0.15) is 0 Å². The smallest absolute Gasteiger partial charge is 0.330 e. The molecule has 130 valence electrons. The SMILES string of the molecule is C=CC(=O)OC(C(=O)NCCCCC)C(C)C1CC=C(C)CC1. The van der Waals surface area contributed by atoms with Crippen LogP contribution >= 0.6 is 0 Å². The third kappa shape index (κ3) is 6.59. The van der Waals surface area contributed by atoms with Crippen LogP contribution in [0.5, 0.6) is 0 Å². The molecule has 3 unspecified atom stereocenters. The van der Waals surface area contributed by atoms with Crippen LogP contribution in [0.1, 0.15) is 59.3 Å². The van der Waals surface area contributed by atoms with E-state index in [0.717, 1.165) is 44.6 Å². The van der Waals surface area contributed by atoms with E-state index in [9.17, 15) is 9.59 Å². The van der Waals surface area contributed by atoms with Gasteiger partial charge in [-0.05, 0) is 38.5 Å². The summed E-state index contributed by atoms with van der Waals surface area (Å²) in [6, 6.07) is 0. The maximum absolute atomic E-state index is 12.5. The van der Waals surface area contributed by atoms with Crippen LogP contribution in [-0.2, 0) is 14.3 Å². The number of carbonyl (C=O) groups excluding carboxylic acids is 2. The van der Waals surface area contributed by atoms with Crippen molar-refractivity contribution in [1.29, 1.82) is 0 Å². The largest absolute Gasteiger partial charge is 0.449 e. The first kappa shape index (κ1) is 19.5. The normalized spacial score (nSPS) is 20.1. The van der Waals surface area contributed by atoms with Crippen molar-refractivity contribution in [3.8, 4) is 0 Å². The van der Waals surface area contributed by atoms with Crippen LogP contribution in [0.3, 0.4) is 0 Å². The minimum Gasteiger partial charge on any atom is -0.449 e. The lowest BCUT2D eigenvalue weighted by atomic mass is 9.79. The first-order chi connectivity index (χ1) is 11.0. The highest BCUT2D eigenvalue weighted by Crippen LogP contribution is 2.32. The maximum atomic E-state index is 12.5. The van der Waals surface area contributed by atoms with Gasteiger partial charge in [0.15, 0.2) is 6.10 Å². The second-order valence-electron chi connectivity index (χ2n) is 6.50. The van der Waals surface area contributed by atoms with Gasteiger partial charge in [-0.1, -0.05) is 44.9 Å². The van der Waals surface area contributed by atoms with Crippen LogP contribution in [0.4, 0.5) is 0 Å². The van der Waals surface area contributed by atoms with Crippen molar-refractivity contribution in [2.24, 2.45) is 11.8 Å². The van der Waals surface area contributed by atoms with Crippen LogP contribution in [-0.4, -0.2) is 24.5 Å². The highest BCUT2D eigenvalue weighted by atomic mass is 16.5. The van der Waals surface area contributed by atoms with Gasteiger partial charge in [-0.15, -0.1) is 0 Å². The molecule has 1 N–H and O–H groups in total. The van der Waals surface area contributed by atoms with E-state index in [0.29, 0.717) is 12.5 Å². The molecule has 0 saturated carbocycles. The zero-order valence-corrected chi connectivity index (χ0v) is 14.8. The first-order valence-electron chi connectivity index (χ1n) is 8.76. The molecule has 0 aromatic carbocycles. The summed E-state index contributed by atoms with van der Waals surface area (Å²) in [7, 11) is 0. The van der Waals surface area contributed by atoms with Crippen molar-refractivity contribution >= 4 is 11.9 Å². The van der Waals surface area contributed by atoms with Gasteiger partial charge < -0.3 is 10.1 Å². The van der Waals surface area contributed by atoms with E-state index in [1.54, 1.807) is 0 Å². The highest BCUT2D eigenvalue weighted by Gasteiger charge is 2.33. The third-order valence-electron chi connectivity index (χ3n) is 4.65. The van der Waals surface area contributed by atoms with Crippen LogP contribution in [0.15, 0.2) is 24.3 Å². The van der Waals surface area contributed by atoms with Crippen molar-refractivity contribution in [2.45, 2.75) is 65.4 Å². The summed E-state index contributed by atoms with van der Waals surface area (Å²) in [6.07, 6.45) is 8.78. The van der Waals surface area contributed by atoms with Gasteiger partial charge in [-0.3, -0.25) is 4.79 Å². The fourth-order valence-corrected chi connectivity index (χ4v) is 2.97. The molecule has 0 bridgehead atoms. The van der Waals surface area contributed by atoms with Gasteiger partial charge in [0.25, 0.3) is 5.91 Å². The van der Waals surface area contributed by atoms with Gasteiger partial charge in [0, 0.05) is 18.5 Å². The molecule has 1 aliphatic carbocycles. The third-order valence-corrected chi connectivity index (χ3v) is 4.65. The maximum Gasteiger partial charge on any atom is 0.330 e. The Kier molecular flexibility index (Phi) is 8.67. The van der Waals surface area contributed by atoms with Crippen molar-refractivity contribution in [2.75, 3.05) is 6.54 Å². The van der Waals surface area contributed by atoms with Crippen molar-refractivity contribution in [1.82, 2.24) is 5.32 Å². The summed E-state index contributed by atoms with van der Waals surface area (Å²) in [6.45, 7) is 10.3. The molecular formula is C19H31NO3. The zero-order chi connectivity index (χ0) is 17.2. The predicted molar refractivity (Wildman–Crippen MR) is 92.9 cm³/mol. The van der Waals surface area contributed by atoms with Gasteiger partial charge in [-0.2, -0.15) is 0 Å². The molecule has 0 radical (unpaired) electrons. The number of ether oxygens (including phenoxy) is 1. The van der Waals surface area contributed by atoms with Crippen LogP contribution < -0.4 is 5.32 Å². The molecule has 3 atom stereocenters. The molecule has 0 aromatic heterocycles. The topological polar surface area (TPSA) is 55.4 Å². The average molecular weight is 321 g/mol. The number of hydrogen-bond acceptors (Lipinski definition) is 3. The summed E-state index contributed by atoms with van der Waals surface area (Å²) in [5.74, 6) is -0.361. The number of esters is 1. The molecule has 1 amide bonds. The lowest BCUT2D eigenvalue weighted by Gasteiger charge is -2.31. The molecule has 23 heavy (non-hydrogen) atoms. The van der Waals surface area contributed by atoms with Crippen LogP contribution in [0, 0.1) is 11.8 Å². The molecule has 0 aliphatic heterocycles. The second-order valence-corrected chi connectivity index (χ2v) is 6.50. The molecular weight excluding hydrogens is 290 g/mol. The minimum atomic E-state index is -0.737. The van der Waals surface area contributed by atoms with E-state index < -0.39 is 12.1 Å². The van der Waals surface area contributed by atoms with Crippen molar-refractivity contribution < 1.29 is 14.3 Å². The molecule has 0 spiro atoms. The van der Waals surface area contributed by atoms with E-state index >= 15 is 0 Å². The van der Waals surface area contributed by atoms with E-state index in [4.69, 9.17) is 4.74 Å². The Morgan fingerprint density at radius 1 is 1.48 bits per heavy atom. The number of allylic oxidation sites excluding steroid dienone is 2. The predicted octanol–water partition coefficient (Wildman–Crippen LogP) is 3.77. The van der Waals surface area contributed by atoms with Crippen LogP contribution in [0.25, 0.3) is 0 Å². The Labute approximate surface area is 140 Å². The van der Waals surface area contributed by atoms with E-state index in [1.165, 1.54) is 5.57 Å². The van der Waals surface area contributed by atoms with Crippen molar-refractivity contribution in [3.63, 3.8) is 0 Å². The minimum absolute atomic E-state index is 0.00516. The average Bonchev–Trinajstić information content (AvgIpc) is 2.56. The number of carbonyl (C=O) groups is 2. The summed E-state index contributed by atoms with van der Waals surface area (Å²) in [5.41, 5.74) is 1.40. The Bertz CT molecular complexity index is 442. The van der Waals surface area contributed by atoms with Gasteiger partial charge in [0.2, 0.25) is 0 Å². The van der Waals surface area contributed by atoms with E-state index in [1.807, 2.05) is 6.92 Å². The Hall–Kier alpha value is -1.58. The molecule has 1 rings (SSSR count). The van der Waals surface area contributed by atoms with Gasteiger partial charge in [0.05, 0.1) is 0 Å². The molecule has 0 saturated heterocycles. The fraction of sp³-hybridized carbons (Fsp3) is 0.684. The monoisotopic (exact) mass is 321 g/mol.